The van der Waals surface area contributed by atoms with Crippen LogP contribution < -0.4 is 5.32 Å². The molecule has 2 rings (SSSR count). The van der Waals surface area contributed by atoms with E-state index in [1.165, 1.54) is 5.56 Å². The molecule has 0 aliphatic carbocycles. The van der Waals surface area contributed by atoms with Gasteiger partial charge in [-0.1, -0.05) is 12.1 Å². The summed E-state index contributed by atoms with van der Waals surface area (Å²) in [4.78, 5) is 14.4. The molecule has 1 saturated heterocycles. The molecule has 1 fully saturated rings. The number of phenols is 1. The van der Waals surface area contributed by atoms with Gasteiger partial charge in [-0.05, 0) is 57.4 Å². The topological polar surface area (TPSA) is 52.6 Å². The number of phenolic OH excluding ortho intramolecular Hbond substituents is 1. The van der Waals surface area contributed by atoms with Gasteiger partial charge in [0.05, 0.1) is 5.41 Å². The molecule has 1 aliphatic heterocycles. The number of aryl methyl sites for hydroxylation is 1. The van der Waals surface area contributed by atoms with Gasteiger partial charge < -0.3 is 10.4 Å². The summed E-state index contributed by atoms with van der Waals surface area (Å²) in [6.45, 7) is 6.11. The maximum absolute atomic E-state index is 12.0. The Kier molecular flexibility index (Phi) is 4.88. The molecule has 4 nitrogen and oxygen atoms in total. The van der Waals surface area contributed by atoms with Crippen molar-refractivity contribution in [1.82, 2.24) is 10.2 Å². The lowest BCUT2D eigenvalue weighted by molar-refractivity contribution is -0.129. The number of nitrogens with one attached hydrogen (secondary N) is 1. The van der Waals surface area contributed by atoms with Crippen molar-refractivity contribution < 1.29 is 9.90 Å². The molecular weight excluding hydrogens is 264 g/mol. The van der Waals surface area contributed by atoms with Crippen molar-refractivity contribution >= 4 is 5.91 Å². The second-order valence-corrected chi connectivity index (χ2v) is 6.41. The van der Waals surface area contributed by atoms with E-state index in [1.807, 2.05) is 12.1 Å². The first kappa shape index (κ1) is 15.8. The zero-order chi connectivity index (χ0) is 15.5. The number of amides is 1. The number of hydrogen-bond donors (Lipinski definition) is 2. The highest BCUT2D eigenvalue weighted by atomic mass is 16.3. The molecule has 0 aromatic heterocycles. The molecule has 1 amide bonds. The third-order valence-electron chi connectivity index (χ3n) is 4.69. The van der Waals surface area contributed by atoms with Gasteiger partial charge in [-0.15, -0.1) is 0 Å². The largest absolute Gasteiger partial charge is 0.508 e. The van der Waals surface area contributed by atoms with E-state index in [2.05, 4.69) is 24.1 Å². The van der Waals surface area contributed by atoms with E-state index in [0.29, 0.717) is 11.8 Å². The summed E-state index contributed by atoms with van der Waals surface area (Å²) >= 11 is 0. The fourth-order valence-electron chi connectivity index (χ4n) is 3.08. The summed E-state index contributed by atoms with van der Waals surface area (Å²) in [5.74, 6) is 0.462. The third-order valence-corrected chi connectivity index (χ3v) is 4.69. The van der Waals surface area contributed by atoms with Crippen LogP contribution in [0.3, 0.4) is 0 Å². The Balaban J connectivity index is 1.86. The number of carbonyl (C=O) groups excluding carboxylic acids is 1. The molecule has 0 radical (unpaired) electrons. The number of hydrogen-bond acceptors (Lipinski definition) is 3. The van der Waals surface area contributed by atoms with Crippen LogP contribution in [-0.4, -0.2) is 42.1 Å². The molecule has 2 unspecified atom stereocenters. The van der Waals surface area contributed by atoms with E-state index < -0.39 is 0 Å². The van der Waals surface area contributed by atoms with Gasteiger partial charge >= 0.3 is 0 Å². The van der Waals surface area contributed by atoms with Crippen LogP contribution in [0.1, 0.15) is 32.3 Å². The minimum atomic E-state index is -0.248. The molecule has 2 atom stereocenters. The van der Waals surface area contributed by atoms with Crippen molar-refractivity contribution in [2.24, 2.45) is 5.41 Å². The van der Waals surface area contributed by atoms with Crippen LogP contribution in [0.5, 0.6) is 5.75 Å². The number of rotatable bonds is 5. The first-order chi connectivity index (χ1) is 9.94. The average Bonchev–Trinajstić information content (AvgIpc) is 2.89. The molecule has 1 heterocycles. The Hall–Kier alpha value is -1.55. The smallest absolute Gasteiger partial charge is 0.227 e. The summed E-state index contributed by atoms with van der Waals surface area (Å²) in [6.07, 6.45) is 2.99. The van der Waals surface area contributed by atoms with Crippen molar-refractivity contribution in [3.8, 4) is 5.75 Å². The standard InChI is InChI=1S/C17H26N2O2/c1-13(4-5-14-6-8-15(20)9-7-14)19-11-10-17(2,12-19)16(21)18-3/h6-9,13,20H,4-5,10-12H2,1-3H3,(H,18,21). The second-order valence-electron chi connectivity index (χ2n) is 6.41. The lowest BCUT2D eigenvalue weighted by Gasteiger charge is -2.27. The highest BCUT2D eigenvalue weighted by Crippen LogP contribution is 2.32. The van der Waals surface area contributed by atoms with Gasteiger partial charge in [-0.2, -0.15) is 0 Å². The first-order valence-corrected chi connectivity index (χ1v) is 7.69. The van der Waals surface area contributed by atoms with Crippen LogP contribution in [-0.2, 0) is 11.2 Å². The zero-order valence-electron chi connectivity index (χ0n) is 13.2. The second kappa shape index (κ2) is 6.48. The molecule has 21 heavy (non-hydrogen) atoms. The highest BCUT2D eigenvalue weighted by Gasteiger charge is 2.40. The number of benzene rings is 1. The Bertz CT molecular complexity index is 486. The molecule has 1 aromatic rings. The van der Waals surface area contributed by atoms with Gasteiger partial charge in [-0.25, -0.2) is 0 Å². The Morgan fingerprint density at radius 3 is 2.71 bits per heavy atom. The third kappa shape index (κ3) is 3.76. The molecule has 4 heteroatoms. The van der Waals surface area contributed by atoms with Gasteiger partial charge in [0.25, 0.3) is 0 Å². The summed E-state index contributed by atoms with van der Waals surface area (Å²) in [7, 11) is 1.71. The van der Waals surface area contributed by atoms with Crippen molar-refractivity contribution in [3.63, 3.8) is 0 Å². The summed E-state index contributed by atoms with van der Waals surface area (Å²) in [6, 6.07) is 7.88. The zero-order valence-corrected chi connectivity index (χ0v) is 13.2. The Morgan fingerprint density at radius 2 is 2.10 bits per heavy atom. The first-order valence-electron chi connectivity index (χ1n) is 7.69. The molecule has 2 N–H and O–H groups in total. The van der Waals surface area contributed by atoms with Crippen molar-refractivity contribution in [2.75, 3.05) is 20.1 Å². The Labute approximate surface area is 127 Å². The van der Waals surface area contributed by atoms with E-state index in [-0.39, 0.29) is 11.3 Å². The van der Waals surface area contributed by atoms with Crippen molar-refractivity contribution in [3.05, 3.63) is 29.8 Å². The lowest BCUT2D eigenvalue weighted by atomic mass is 9.89. The predicted molar refractivity (Wildman–Crippen MR) is 84.3 cm³/mol. The fraction of sp³-hybridized carbons (Fsp3) is 0.588. The summed E-state index contributed by atoms with van der Waals surface area (Å²) in [5, 5.41) is 12.1. The van der Waals surface area contributed by atoms with Crippen LogP contribution in [0.2, 0.25) is 0 Å². The minimum Gasteiger partial charge on any atom is -0.508 e. The maximum Gasteiger partial charge on any atom is 0.227 e. The van der Waals surface area contributed by atoms with Crippen LogP contribution in [0.4, 0.5) is 0 Å². The normalized spacial score (nSPS) is 24.0. The van der Waals surface area contributed by atoms with Crippen molar-refractivity contribution in [1.29, 1.82) is 0 Å². The van der Waals surface area contributed by atoms with Crippen LogP contribution in [0, 0.1) is 5.41 Å². The van der Waals surface area contributed by atoms with Crippen LogP contribution in [0.15, 0.2) is 24.3 Å². The van der Waals surface area contributed by atoms with Gasteiger partial charge in [-0.3, -0.25) is 9.69 Å². The van der Waals surface area contributed by atoms with Crippen LogP contribution in [0.25, 0.3) is 0 Å². The van der Waals surface area contributed by atoms with E-state index in [9.17, 15) is 9.90 Å². The molecule has 1 aromatic carbocycles. The molecule has 1 aliphatic rings. The van der Waals surface area contributed by atoms with Gasteiger partial charge in [0, 0.05) is 19.6 Å². The molecule has 116 valence electrons. The SMILES string of the molecule is CNC(=O)C1(C)CCN(C(C)CCc2ccc(O)cc2)C1. The van der Waals surface area contributed by atoms with E-state index >= 15 is 0 Å². The van der Waals surface area contributed by atoms with Crippen molar-refractivity contribution in [2.45, 2.75) is 39.2 Å². The molecular formula is C17H26N2O2. The summed E-state index contributed by atoms with van der Waals surface area (Å²) in [5.41, 5.74) is 0.995. The number of carbonyl (C=O) groups is 1. The number of aromatic hydroxyl groups is 1. The predicted octanol–water partition coefficient (Wildman–Crippen LogP) is 2.17. The quantitative estimate of drug-likeness (QED) is 0.874. The van der Waals surface area contributed by atoms with Gasteiger partial charge in [0.1, 0.15) is 5.75 Å². The molecule has 0 saturated carbocycles. The monoisotopic (exact) mass is 290 g/mol. The maximum atomic E-state index is 12.0. The summed E-state index contributed by atoms with van der Waals surface area (Å²) < 4.78 is 0. The minimum absolute atomic E-state index is 0.149. The number of likely N-dealkylation sites (tertiary alicyclic amines) is 1. The van der Waals surface area contributed by atoms with Gasteiger partial charge in [0.15, 0.2) is 0 Å². The molecule has 0 spiro atoms. The fourth-order valence-corrected chi connectivity index (χ4v) is 3.08. The average molecular weight is 290 g/mol. The van der Waals surface area contributed by atoms with E-state index in [1.54, 1.807) is 19.2 Å². The Morgan fingerprint density at radius 1 is 1.43 bits per heavy atom. The number of nitrogens with zero attached hydrogens (tertiary/aromatic N) is 1. The highest BCUT2D eigenvalue weighted by molar-refractivity contribution is 5.82. The van der Waals surface area contributed by atoms with E-state index in [0.717, 1.165) is 32.4 Å². The lowest BCUT2D eigenvalue weighted by Crippen LogP contribution is -2.41. The van der Waals surface area contributed by atoms with Gasteiger partial charge in [0.2, 0.25) is 5.91 Å². The molecule has 0 bridgehead atoms. The van der Waals surface area contributed by atoms with Crippen LogP contribution >= 0.6 is 0 Å². The van der Waals surface area contributed by atoms with E-state index in [4.69, 9.17) is 0 Å².